The molecule has 142 valence electrons. The number of rotatable bonds is 5. The highest BCUT2D eigenvalue weighted by molar-refractivity contribution is 6.30. The van der Waals surface area contributed by atoms with Gasteiger partial charge in [-0.3, -0.25) is 9.59 Å². The molecular formula is C19H19ClFN3O3. The summed E-state index contributed by atoms with van der Waals surface area (Å²) in [6, 6.07) is 8.64. The van der Waals surface area contributed by atoms with E-state index < -0.39 is 11.9 Å². The molecule has 0 radical (unpaired) electrons. The maximum Gasteiger partial charge on any atom is 0.261 e. The number of aromatic nitrogens is 1. The number of halogens is 2. The second-order valence-corrected chi connectivity index (χ2v) is 6.67. The fourth-order valence-corrected chi connectivity index (χ4v) is 3.13. The number of ether oxygens (including phenoxy) is 1. The highest BCUT2D eigenvalue weighted by Gasteiger charge is 2.34. The van der Waals surface area contributed by atoms with E-state index in [1.165, 1.54) is 23.1 Å². The Morgan fingerprint density at radius 2 is 2.19 bits per heavy atom. The van der Waals surface area contributed by atoms with Crippen LogP contribution in [0.25, 0.3) is 0 Å². The van der Waals surface area contributed by atoms with Crippen molar-refractivity contribution in [1.82, 2.24) is 9.88 Å². The summed E-state index contributed by atoms with van der Waals surface area (Å²) in [7, 11) is 0. The SMILES string of the molecule is Cc1cccc(NC(=O)[C@@H]2CCCN2C(=O)COc2ccc(F)c(Cl)c2)n1. The molecule has 1 aromatic heterocycles. The van der Waals surface area contributed by atoms with Crippen LogP contribution in [0.5, 0.6) is 5.75 Å². The van der Waals surface area contributed by atoms with Crippen LogP contribution in [-0.2, 0) is 9.59 Å². The smallest absolute Gasteiger partial charge is 0.261 e. The summed E-state index contributed by atoms with van der Waals surface area (Å²) >= 11 is 5.70. The number of nitrogens with one attached hydrogen (secondary N) is 1. The zero-order chi connectivity index (χ0) is 19.4. The first-order chi connectivity index (χ1) is 12.9. The fourth-order valence-electron chi connectivity index (χ4n) is 2.95. The van der Waals surface area contributed by atoms with Crippen LogP contribution < -0.4 is 10.1 Å². The molecule has 27 heavy (non-hydrogen) atoms. The van der Waals surface area contributed by atoms with Crippen LogP contribution in [0.4, 0.5) is 10.2 Å². The van der Waals surface area contributed by atoms with Gasteiger partial charge in [0.1, 0.15) is 23.4 Å². The molecule has 3 rings (SSSR count). The molecule has 0 saturated carbocycles. The number of amides is 2. The van der Waals surface area contributed by atoms with Crippen molar-refractivity contribution >= 4 is 29.2 Å². The van der Waals surface area contributed by atoms with Gasteiger partial charge in [-0.05, 0) is 44.0 Å². The molecule has 2 aromatic rings. The number of anilines is 1. The van der Waals surface area contributed by atoms with E-state index in [2.05, 4.69) is 10.3 Å². The summed E-state index contributed by atoms with van der Waals surface area (Å²) in [6.07, 6.45) is 1.30. The Morgan fingerprint density at radius 1 is 1.37 bits per heavy atom. The molecular weight excluding hydrogens is 373 g/mol. The lowest BCUT2D eigenvalue weighted by atomic mass is 10.2. The summed E-state index contributed by atoms with van der Waals surface area (Å²) < 4.78 is 18.6. The van der Waals surface area contributed by atoms with E-state index >= 15 is 0 Å². The minimum Gasteiger partial charge on any atom is -0.484 e. The first-order valence-electron chi connectivity index (χ1n) is 8.56. The van der Waals surface area contributed by atoms with Crippen LogP contribution in [0, 0.1) is 12.7 Å². The van der Waals surface area contributed by atoms with Crippen molar-refractivity contribution in [3.8, 4) is 5.75 Å². The van der Waals surface area contributed by atoms with Crippen LogP contribution in [0.1, 0.15) is 18.5 Å². The maximum absolute atomic E-state index is 13.2. The second kappa shape index (κ2) is 8.35. The van der Waals surface area contributed by atoms with Gasteiger partial charge < -0.3 is 15.0 Å². The van der Waals surface area contributed by atoms with Gasteiger partial charge in [0.2, 0.25) is 5.91 Å². The average molecular weight is 392 g/mol. The second-order valence-electron chi connectivity index (χ2n) is 6.26. The summed E-state index contributed by atoms with van der Waals surface area (Å²) in [5.74, 6) is -0.402. The van der Waals surface area contributed by atoms with Gasteiger partial charge in [0, 0.05) is 18.3 Å². The number of likely N-dealkylation sites (tertiary alicyclic amines) is 1. The van der Waals surface area contributed by atoms with Crippen LogP contribution in [-0.4, -0.2) is 40.9 Å². The third-order valence-electron chi connectivity index (χ3n) is 4.27. The molecule has 1 saturated heterocycles. The molecule has 0 spiro atoms. The molecule has 0 bridgehead atoms. The van der Waals surface area contributed by atoms with E-state index in [1.54, 1.807) is 12.1 Å². The minimum atomic E-state index is -0.569. The van der Waals surface area contributed by atoms with Gasteiger partial charge in [-0.25, -0.2) is 9.37 Å². The Morgan fingerprint density at radius 3 is 2.93 bits per heavy atom. The van der Waals surface area contributed by atoms with Gasteiger partial charge in [-0.15, -0.1) is 0 Å². The van der Waals surface area contributed by atoms with Crippen LogP contribution >= 0.6 is 11.6 Å². The van der Waals surface area contributed by atoms with Crippen molar-refractivity contribution in [3.63, 3.8) is 0 Å². The molecule has 1 aliphatic heterocycles. The number of aryl methyl sites for hydroxylation is 1. The number of carbonyl (C=O) groups excluding carboxylic acids is 2. The van der Waals surface area contributed by atoms with Crippen LogP contribution in [0.2, 0.25) is 5.02 Å². The lowest BCUT2D eigenvalue weighted by Crippen LogP contribution is -2.45. The van der Waals surface area contributed by atoms with Gasteiger partial charge in [-0.2, -0.15) is 0 Å². The minimum absolute atomic E-state index is 0.0796. The van der Waals surface area contributed by atoms with E-state index in [1.807, 2.05) is 13.0 Å². The monoisotopic (exact) mass is 391 g/mol. The number of benzene rings is 1. The third kappa shape index (κ3) is 4.74. The molecule has 6 nitrogen and oxygen atoms in total. The standard InChI is InChI=1S/C19H19ClFN3O3/c1-12-4-2-6-17(22-12)23-19(26)16-5-3-9-24(16)18(25)11-27-13-7-8-15(21)14(20)10-13/h2,4,6-8,10,16H,3,5,9,11H2,1H3,(H,22,23,26)/t16-/m0/s1. The predicted molar refractivity (Wildman–Crippen MR) is 99.2 cm³/mol. The summed E-state index contributed by atoms with van der Waals surface area (Å²) in [6.45, 7) is 2.06. The van der Waals surface area contributed by atoms with Crippen molar-refractivity contribution in [2.45, 2.75) is 25.8 Å². The molecule has 0 aliphatic carbocycles. The Hall–Kier alpha value is -2.67. The van der Waals surface area contributed by atoms with Gasteiger partial charge in [-0.1, -0.05) is 17.7 Å². The third-order valence-corrected chi connectivity index (χ3v) is 4.56. The quantitative estimate of drug-likeness (QED) is 0.849. The Labute approximate surface area is 161 Å². The average Bonchev–Trinajstić information content (AvgIpc) is 3.12. The number of nitrogens with zero attached hydrogens (tertiary/aromatic N) is 2. The van der Waals surface area contributed by atoms with Crippen LogP contribution in [0.3, 0.4) is 0 Å². The molecule has 1 aliphatic rings. The summed E-state index contributed by atoms with van der Waals surface area (Å²) in [5, 5.41) is 2.67. The zero-order valence-corrected chi connectivity index (χ0v) is 15.5. The molecule has 2 amide bonds. The van der Waals surface area contributed by atoms with Crippen molar-refractivity contribution in [3.05, 3.63) is 52.9 Å². The zero-order valence-electron chi connectivity index (χ0n) is 14.7. The Balaban J connectivity index is 1.60. The van der Waals surface area contributed by atoms with E-state index in [4.69, 9.17) is 16.3 Å². The van der Waals surface area contributed by atoms with Gasteiger partial charge >= 0.3 is 0 Å². The first-order valence-corrected chi connectivity index (χ1v) is 8.93. The highest BCUT2D eigenvalue weighted by Crippen LogP contribution is 2.22. The predicted octanol–water partition coefficient (Wildman–Crippen LogP) is 3.19. The Bertz CT molecular complexity index is 862. The molecule has 1 N–H and O–H groups in total. The van der Waals surface area contributed by atoms with Crippen LogP contribution in [0.15, 0.2) is 36.4 Å². The molecule has 1 fully saturated rings. The highest BCUT2D eigenvalue weighted by atomic mass is 35.5. The summed E-state index contributed by atoms with van der Waals surface area (Å²) in [4.78, 5) is 30.8. The Kier molecular flexibility index (Phi) is 5.91. The molecule has 1 aromatic carbocycles. The topological polar surface area (TPSA) is 71.5 Å². The van der Waals surface area contributed by atoms with Crippen molar-refractivity contribution < 1.29 is 18.7 Å². The van der Waals surface area contributed by atoms with E-state index in [0.29, 0.717) is 24.5 Å². The number of hydrogen-bond acceptors (Lipinski definition) is 4. The van der Waals surface area contributed by atoms with E-state index in [0.717, 1.165) is 12.1 Å². The normalized spacial score (nSPS) is 16.3. The van der Waals surface area contributed by atoms with Crippen molar-refractivity contribution in [2.75, 3.05) is 18.5 Å². The number of carbonyl (C=O) groups is 2. The van der Waals surface area contributed by atoms with Gasteiger partial charge in [0.25, 0.3) is 5.91 Å². The van der Waals surface area contributed by atoms with Crippen molar-refractivity contribution in [2.24, 2.45) is 0 Å². The van der Waals surface area contributed by atoms with Gasteiger partial charge in [0.05, 0.1) is 5.02 Å². The number of pyridine rings is 1. The maximum atomic E-state index is 13.2. The fraction of sp³-hybridized carbons (Fsp3) is 0.316. The molecule has 0 unspecified atom stereocenters. The lowest BCUT2D eigenvalue weighted by molar-refractivity contribution is -0.138. The largest absolute Gasteiger partial charge is 0.484 e. The van der Waals surface area contributed by atoms with Gasteiger partial charge in [0.15, 0.2) is 6.61 Å². The summed E-state index contributed by atoms with van der Waals surface area (Å²) in [5.41, 5.74) is 0.790. The van der Waals surface area contributed by atoms with E-state index in [9.17, 15) is 14.0 Å². The molecule has 1 atom stereocenters. The van der Waals surface area contributed by atoms with E-state index in [-0.39, 0.29) is 23.4 Å². The first kappa shape index (κ1) is 19.1. The van der Waals surface area contributed by atoms with Crippen molar-refractivity contribution in [1.29, 1.82) is 0 Å². The molecule has 8 heteroatoms. The lowest BCUT2D eigenvalue weighted by Gasteiger charge is -2.24. The molecule has 2 heterocycles. The number of hydrogen-bond donors (Lipinski definition) is 1.